The Morgan fingerprint density at radius 3 is 2.74 bits per heavy atom. The van der Waals surface area contributed by atoms with Crippen molar-refractivity contribution in [1.29, 1.82) is 0 Å². The van der Waals surface area contributed by atoms with Crippen molar-refractivity contribution in [1.82, 2.24) is 24.6 Å². The topological polar surface area (TPSA) is 76.4 Å². The van der Waals surface area contributed by atoms with Crippen molar-refractivity contribution in [2.45, 2.75) is 19.5 Å². The third kappa shape index (κ3) is 4.39. The third-order valence-corrected chi connectivity index (χ3v) is 6.50. The predicted octanol–water partition coefficient (Wildman–Crippen LogP) is 4.03. The summed E-state index contributed by atoms with van der Waals surface area (Å²) >= 11 is 6.04. The number of hydrogen-bond acceptors (Lipinski definition) is 6. The zero-order valence-electron chi connectivity index (χ0n) is 19.4. The first-order chi connectivity index (χ1) is 17.0. The molecule has 0 spiro atoms. The number of carbonyl (C=O) groups excluding carboxylic acids is 1. The monoisotopic (exact) mass is 494 g/mol. The molecule has 10 heteroatoms. The molecule has 1 saturated heterocycles. The van der Waals surface area contributed by atoms with Gasteiger partial charge in [0.2, 0.25) is 5.91 Å². The maximum Gasteiger partial charge on any atom is 0.244 e. The zero-order chi connectivity index (χ0) is 24.5. The molecule has 35 heavy (non-hydrogen) atoms. The van der Waals surface area contributed by atoms with Gasteiger partial charge in [-0.2, -0.15) is 5.10 Å². The van der Waals surface area contributed by atoms with Crippen LogP contribution in [0.2, 0.25) is 5.02 Å². The fraction of sp³-hybridized carbons (Fsp3) is 0.280. The smallest absolute Gasteiger partial charge is 0.244 e. The molecule has 1 atom stereocenters. The van der Waals surface area contributed by atoms with Crippen LogP contribution in [-0.4, -0.2) is 63.3 Å². The summed E-state index contributed by atoms with van der Waals surface area (Å²) in [6.07, 6.45) is 3.39. The van der Waals surface area contributed by atoms with Gasteiger partial charge in [-0.15, -0.1) is 0 Å². The Morgan fingerprint density at radius 1 is 1.17 bits per heavy atom. The average molecular weight is 495 g/mol. The number of aromatic nitrogens is 4. The molecule has 1 aliphatic rings. The molecule has 1 aromatic carbocycles. The van der Waals surface area contributed by atoms with E-state index >= 15 is 0 Å². The SMILES string of the molecule is COc1cc(N2CCN(C(=O)Cn3nc(-c4ccccn4)c4cccnc43)[C@@H](C)C2)c(F)cc1Cl. The van der Waals surface area contributed by atoms with E-state index in [0.717, 1.165) is 11.1 Å². The van der Waals surface area contributed by atoms with Crippen LogP contribution >= 0.6 is 11.6 Å². The largest absolute Gasteiger partial charge is 0.495 e. The zero-order valence-corrected chi connectivity index (χ0v) is 20.1. The highest BCUT2D eigenvalue weighted by Gasteiger charge is 2.30. The number of benzene rings is 1. The summed E-state index contributed by atoms with van der Waals surface area (Å²) < 4.78 is 21.5. The van der Waals surface area contributed by atoms with E-state index in [4.69, 9.17) is 16.3 Å². The van der Waals surface area contributed by atoms with Gasteiger partial charge in [-0.3, -0.25) is 9.78 Å². The molecule has 0 radical (unpaired) electrons. The number of anilines is 1. The number of pyridine rings is 2. The lowest BCUT2D eigenvalue weighted by atomic mass is 10.1. The lowest BCUT2D eigenvalue weighted by Gasteiger charge is -2.41. The van der Waals surface area contributed by atoms with Gasteiger partial charge in [0, 0.05) is 49.5 Å². The number of halogens is 2. The van der Waals surface area contributed by atoms with Crippen molar-refractivity contribution in [3.63, 3.8) is 0 Å². The van der Waals surface area contributed by atoms with Gasteiger partial charge in [0.05, 0.1) is 23.5 Å². The molecule has 0 aliphatic carbocycles. The second-order valence-corrected chi connectivity index (χ2v) is 8.82. The van der Waals surface area contributed by atoms with Crippen LogP contribution in [0.4, 0.5) is 10.1 Å². The summed E-state index contributed by atoms with van der Waals surface area (Å²) in [4.78, 5) is 25.9. The first-order valence-corrected chi connectivity index (χ1v) is 11.6. The molecule has 4 aromatic rings. The molecule has 3 aromatic heterocycles. The van der Waals surface area contributed by atoms with E-state index in [9.17, 15) is 9.18 Å². The summed E-state index contributed by atoms with van der Waals surface area (Å²) in [7, 11) is 1.50. The number of fused-ring (bicyclic) bond motifs is 1. The summed E-state index contributed by atoms with van der Waals surface area (Å²) in [6, 6.07) is 12.1. The van der Waals surface area contributed by atoms with E-state index in [1.54, 1.807) is 28.0 Å². The molecule has 0 unspecified atom stereocenters. The van der Waals surface area contributed by atoms with E-state index < -0.39 is 5.82 Å². The van der Waals surface area contributed by atoms with Gasteiger partial charge in [-0.25, -0.2) is 14.1 Å². The average Bonchev–Trinajstić information content (AvgIpc) is 3.23. The molecular formula is C25H24ClFN6O2. The van der Waals surface area contributed by atoms with Crippen LogP contribution in [0.15, 0.2) is 54.9 Å². The highest BCUT2D eigenvalue weighted by molar-refractivity contribution is 6.32. The van der Waals surface area contributed by atoms with Crippen LogP contribution in [0.1, 0.15) is 6.92 Å². The van der Waals surface area contributed by atoms with Crippen LogP contribution in [-0.2, 0) is 11.3 Å². The van der Waals surface area contributed by atoms with Crippen molar-refractivity contribution in [3.8, 4) is 17.1 Å². The van der Waals surface area contributed by atoms with Crippen LogP contribution in [0.5, 0.6) is 5.75 Å². The van der Waals surface area contributed by atoms with Gasteiger partial charge in [0.25, 0.3) is 0 Å². The van der Waals surface area contributed by atoms with Gasteiger partial charge >= 0.3 is 0 Å². The summed E-state index contributed by atoms with van der Waals surface area (Å²) in [5.74, 6) is -0.0798. The maximum absolute atomic E-state index is 14.6. The molecule has 1 amide bonds. The quantitative estimate of drug-likeness (QED) is 0.417. The van der Waals surface area contributed by atoms with Crippen molar-refractivity contribution in [2.75, 3.05) is 31.6 Å². The number of carbonyl (C=O) groups is 1. The number of methoxy groups -OCH3 is 1. The molecule has 1 aliphatic heterocycles. The number of nitrogens with zero attached hydrogens (tertiary/aromatic N) is 6. The molecule has 0 bridgehead atoms. The summed E-state index contributed by atoms with van der Waals surface area (Å²) in [6.45, 7) is 3.41. The van der Waals surface area contributed by atoms with Gasteiger partial charge < -0.3 is 14.5 Å². The van der Waals surface area contributed by atoms with E-state index in [-0.39, 0.29) is 23.5 Å². The van der Waals surface area contributed by atoms with Crippen molar-refractivity contribution in [3.05, 3.63) is 65.7 Å². The van der Waals surface area contributed by atoms with Gasteiger partial charge in [0.1, 0.15) is 23.8 Å². The fourth-order valence-electron chi connectivity index (χ4n) is 4.49. The first kappa shape index (κ1) is 23.0. The third-order valence-electron chi connectivity index (χ3n) is 6.21. The first-order valence-electron chi connectivity index (χ1n) is 11.3. The van der Waals surface area contributed by atoms with Crippen LogP contribution in [0.3, 0.4) is 0 Å². The number of ether oxygens (including phenoxy) is 1. The number of hydrogen-bond donors (Lipinski definition) is 0. The number of rotatable bonds is 5. The van der Waals surface area contributed by atoms with Gasteiger partial charge in [0.15, 0.2) is 5.65 Å². The minimum Gasteiger partial charge on any atom is -0.495 e. The number of amides is 1. The van der Waals surface area contributed by atoms with Crippen LogP contribution in [0, 0.1) is 5.82 Å². The minimum absolute atomic E-state index is 0.0494. The van der Waals surface area contributed by atoms with E-state index in [0.29, 0.717) is 42.4 Å². The van der Waals surface area contributed by atoms with Crippen molar-refractivity contribution < 1.29 is 13.9 Å². The number of piperazine rings is 1. The summed E-state index contributed by atoms with van der Waals surface area (Å²) in [5, 5.41) is 5.74. The van der Waals surface area contributed by atoms with Gasteiger partial charge in [-0.05, 0) is 37.3 Å². The molecule has 0 N–H and O–H groups in total. The Morgan fingerprint density at radius 2 is 2.00 bits per heavy atom. The summed E-state index contributed by atoms with van der Waals surface area (Å²) in [5.41, 5.74) is 2.45. The molecule has 4 heterocycles. The Labute approximate surface area is 206 Å². The second-order valence-electron chi connectivity index (χ2n) is 8.42. The van der Waals surface area contributed by atoms with E-state index in [1.807, 2.05) is 42.2 Å². The fourth-order valence-corrected chi connectivity index (χ4v) is 4.72. The Bertz CT molecular complexity index is 1380. The molecule has 180 valence electrons. The van der Waals surface area contributed by atoms with Crippen molar-refractivity contribution >= 4 is 34.2 Å². The molecule has 1 fully saturated rings. The Balaban J connectivity index is 1.35. The Hall–Kier alpha value is -3.72. The van der Waals surface area contributed by atoms with E-state index in [2.05, 4.69) is 15.1 Å². The standard InChI is InChI=1S/C25H24ClFN6O2/c1-16-14-31(21-13-22(35-2)18(26)12-19(21)27)10-11-32(16)23(34)15-33-25-17(6-5-9-29-25)24(30-33)20-7-3-4-8-28-20/h3-9,12-13,16H,10-11,14-15H2,1-2H3/t16-/m0/s1. The lowest BCUT2D eigenvalue weighted by Crippen LogP contribution is -2.55. The van der Waals surface area contributed by atoms with Crippen LogP contribution in [0.25, 0.3) is 22.4 Å². The second kappa shape index (κ2) is 9.50. The molecule has 0 saturated carbocycles. The molecule has 8 nitrogen and oxygen atoms in total. The highest BCUT2D eigenvalue weighted by atomic mass is 35.5. The van der Waals surface area contributed by atoms with Gasteiger partial charge in [-0.1, -0.05) is 17.7 Å². The Kier molecular flexibility index (Phi) is 6.25. The maximum atomic E-state index is 14.6. The lowest BCUT2D eigenvalue weighted by molar-refractivity contribution is -0.134. The van der Waals surface area contributed by atoms with Crippen LogP contribution < -0.4 is 9.64 Å². The normalized spacial score (nSPS) is 16.1. The molecule has 5 rings (SSSR count). The van der Waals surface area contributed by atoms with Crippen molar-refractivity contribution in [2.24, 2.45) is 0 Å². The highest BCUT2D eigenvalue weighted by Crippen LogP contribution is 2.33. The molecular weight excluding hydrogens is 471 g/mol. The minimum atomic E-state index is -0.418. The predicted molar refractivity (Wildman–Crippen MR) is 132 cm³/mol. The van der Waals surface area contributed by atoms with E-state index in [1.165, 1.54) is 13.2 Å².